The summed E-state index contributed by atoms with van der Waals surface area (Å²) in [7, 11) is 0. The summed E-state index contributed by atoms with van der Waals surface area (Å²) >= 11 is 0. The predicted octanol–water partition coefficient (Wildman–Crippen LogP) is -0.806. The van der Waals surface area contributed by atoms with Crippen LogP contribution in [0.5, 0.6) is 0 Å². The van der Waals surface area contributed by atoms with E-state index in [-0.39, 0.29) is 10.8 Å². The molecule has 0 aliphatic heterocycles. The number of benzene rings is 1. The molecule has 8 nitrogen and oxygen atoms in total. The SMILES string of the molecule is O=C(O)c1c2c(=O)oc(=O)c2cc2c(=O)oc(=O)c12. The van der Waals surface area contributed by atoms with Crippen molar-refractivity contribution in [1.29, 1.82) is 0 Å². The normalized spacial score (nSPS) is 11.4. The Morgan fingerprint density at radius 2 is 1.26 bits per heavy atom. The molecular weight excluding hydrogens is 260 g/mol. The van der Waals surface area contributed by atoms with Crippen molar-refractivity contribution < 1.29 is 18.7 Å². The molecule has 0 aliphatic rings. The van der Waals surface area contributed by atoms with Crippen LogP contribution >= 0.6 is 0 Å². The molecule has 0 atom stereocenters. The smallest absolute Gasteiger partial charge is 0.347 e. The van der Waals surface area contributed by atoms with E-state index >= 15 is 0 Å². The van der Waals surface area contributed by atoms with E-state index in [2.05, 4.69) is 8.83 Å². The highest BCUT2D eigenvalue weighted by molar-refractivity contribution is 6.15. The Bertz CT molecular complexity index is 978. The zero-order valence-corrected chi connectivity index (χ0v) is 8.88. The number of furan rings is 2. The van der Waals surface area contributed by atoms with Crippen molar-refractivity contribution in [3.8, 4) is 0 Å². The van der Waals surface area contributed by atoms with Gasteiger partial charge in [-0.3, -0.25) is 0 Å². The molecule has 0 radical (unpaired) electrons. The minimum atomic E-state index is -1.63. The number of rotatable bonds is 1. The molecule has 0 unspecified atom stereocenters. The molecule has 1 N–H and O–H groups in total. The van der Waals surface area contributed by atoms with Crippen LogP contribution in [0, 0.1) is 0 Å². The minimum absolute atomic E-state index is 0.368. The van der Waals surface area contributed by atoms with Gasteiger partial charge in [-0.2, -0.15) is 0 Å². The Balaban J connectivity index is 2.88. The van der Waals surface area contributed by atoms with E-state index < -0.39 is 44.8 Å². The monoisotopic (exact) mass is 262 g/mol. The van der Waals surface area contributed by atoms with E-state index in [1.807, 2.05) is 0 Å². The minimum Gasteiger partial charge on any atom is -0.478 e. The average Bonchev–Trinajstić information content (AvgIpc) is 2.77. The maximum absolute atomic E-state index is 11.4. The molecule has 3 rings (SSSR count). The maximum atomic E-state index is 11.4. The lowest BCUT2D eigenvalue weighted by Crippen LogP contribution is -2.08. The topological polar surface area (TPSA) is 132 Å². The quantitative estimate of drug-likeness (QED) is 0.602. The first-order valence-corrected chi connectivity index (χ1v) is 4.89. The molecular formula is C11H2O8. The summed E-state index contributed by atoms with van der Waals surface area (Å²) in [5, 5.41) is 7.27. The summed E-state index contributed by atoms with van der Waals surface area (Å²) in [6.07, 6.45) is 0. The molecule has 8 heteroatoms. The highest BCUT2D eigenvalue weighted by Gasteiger charge is 2.26. The Morgan fingerprint density at radius 1 is 0.842 bits per heavy atom. The molecule has 19 heavy (non-hydrogen) atoms. The van der Waals surface area contributed by atoms with Gasteiger partial charge < -0.3 is 13.9 Å². The summed E-state index contributed by atoms with van der Waals surface area (Å²) < 4.78 is 8.53. The molecule has 0 spiro atoms. The van der Waals surface area contributed by atoms with Gasteiger partial charge in [-0.05, 0) is 6.07 Å². The van der Waals surface area contributed by atoms with Crippen molar-refractivity contribution in [2.24, 2.45) is 0 Å². The lowest BCUT2D eigenvalue weighted by atomic mass is 10.0. The molecule has 0 saturated heterocycles. The van der Waals surface area contributed by atoms with Gasteiger partial charge in [0.15, 0.2) is 0 Å². The number of carboxylic acid groups (broad SMARTS) is 1. The zero-order chi connectivity index (χ0) is 13.9. The summed E-state index contributed by atoms with van der Waals surface area (Å²) in [5.74, 6) is -1.63. The van der Waals surface area contributed by atoms with E-state index in [1.54, 1.807) is 0 Å². The molecule has 0 bridgehead atoms. The van der Waals surface area contributed by atoms with Gasteiger partial charge in [0.1, 0.15) is 0 Å². The highest BCUT2D eigenvalue weighted by atomic mass is 16.4. The van der Waals surface area contributed by atoms with Crippen molar-refractivity contribution in [3.63, 3.8) is 0 Å². The first kappa shape index (κ1) is 11.1. The first-order chi connectivity index (χ1) is 8.91. The van der Waals surface area contributed by atoms with Crippen LogP contribution in [0.4, 0.5) is 0 Å². The van der Waals surface area contributed by atoms with Crippen LogP contribution in [0.15, 0.2) is 34.1 Å². The van der Waals surface area contributed by atoms with Crippen LogP contribution < -0.4 is 22.5 Å². The summed E-state index contributed by atoms with van der Waals surface area (Å²) in [6.45, 7) is 0. The lowest BCUT2D eigenvalue weighted by molar-refractivity contribution is 0.0700. The largest absolute Gasteiger partial charge is 0.478 e. The Hall–Kier alpha value is -3.03. The van der Waals surface area contributed by atoms with Crippen molar-refractivity contribution in [3.05, 3.63) is 53.3 Å². The number of fused-ring (bicyclic) bond motifs is 2. The van der Waals surface area contributed by atoms with Crippen LogP contribution in [0.1, 0.15) is 10.4 Å². The van der Waals surface area contributed by atoms with Crippen LogP contribution in [0.25, 0.3) is 21.5 Å². The molecule has 0 amide bonds. The number of carbonyl (C=O) groups is 1. The van der Waals surface area contributed by atoms with Crippen molar-refractivity contribution >= 4 is 27.5 Å². The molecule has 0 fully saturated rings. The van der Waals surface area contributed by atoms with Crippen molar-refractivity contribution in [2.75, 3.05) is 0 Å². The van der Waals surface area contributed by atoms with Crippen molar-refractivity contribution in [1.82, 2.24) is 0 Å². The van der Waals surface area contributed by atoms with Gasteiger partial charge in [0, 0.05) is 0 Å². The van der Waals surface area contributed by atoms with Crippen LogP contribution in [0.3, 0.4) is 0 Å². The highest BCUT2D eigenvalue weighted by Crippen LogP contribution is 2.21. The predicted molar refractivity (Wildman–Crippen MR) is 60.4 cm³/mol. The summed E-state index contributed by atoms with van der Waals surface area (Å²) in [4.78, 5) is 56.8. The Morgan fingerprint density at radius 3 is 1.63 bits per heavy atom. The van der Waals surface area contributed by atoms with Crippen LogP contribution in [0.2, 0.25) is 0 Å². The van der Waals surface area contributed by atoms with Gasteiger partial charge >= 0.3 is 28.5 Å². The van der Waals surface area contributed by atoms with Gasteiger partial charge in [-0.15, -0.1) is 0 Å². The number of hydrogen-bond donors (Lipinski definition) is 1. The van der Waals surface area contributed by atoms with Gasteiger partial charge in [0.25, 0.3) is 0 Å². The molecule has 0 aliphatic carbocycles. The Kier molecular flexibility index (Phi) is 1.90. The number of hydrogen-bond acceptors (Lipinski definition) is 7. The second-order valence-corrected chi connectivity index (χ2v) is 3.76. The van der Waals surface area contributed by atoms with Gasteiger partial charge in [0.05, 0.1) is 27.1 Å². The third-order valence-corrected chi connectivity index (χ3v) is 2.76. The van der Waals surface area contributed by atoms with E-state index in [1.165, 1.54) is 0 Å². The third kappa shape index (κ3) is 1.25. The molecule has 3 aromatic rings. The van der Waals surface area contributed by atoms with Gasteiger partial charge in [-0.25, -0.2) is 24.0 Å². The van der Waals surface area contributed by atoms with Crippen LogP contribution in [-0.2, 0) is 0 Å². The summed E-state index contributed by atoms with van der Waals surface area (Å²) in [6, 6.07) is 0.928. The van der Waals surface area contributed by atoms with E-state index in [0.717, 1.165) is 6.07 Å². The van der Waals surface area contributed by atoms with Crippen LogP contribution in [-0.4, -0.2) is 11.1 Å². The maximum Gasteiger partial charge on any atom is 0.347 e. The number of aromatic carboxylic acids is 1. The van der Waals surface area contributed by atoms with E-state index in [9.17, 15) is 24.0 Å². The number of carboxylic acids is 1. The molecule has 94 valence electrons. The molecule has 2 heterocycles. The molecule has 2 aromatic heterocycles. The summed E-state index contributed by atoms with van der Waals surface area (Å²) in [5.41, 5.74) is -5.24. The van der Waals surface area contributed by atoms with E-state index in [0.29, 0.717) is 0 Å². The zero-order valence-electron chi connectivity index (χ0n) is 8.88. The fraction of sp³-hybridized carbons (Fsp3) is 0. The average molecular weight is 262 g/mol. The third-order valence-electron chi connectivity index (χ3n) is 2.76. The first-order valence-electron chi connectivity index (χ1n) is 4.89. The van der Waals surface area contributed by atoms with Gasteiger partial charge in [0.2, 0.25) is 0 Å². The Labute approximate surface area is 100 Å². The molecule has 0 saturated carbocycles. The second-order valence-electron chi connectivity index (χ2n) is 3.76. The second kappa shape index (κ2) is 3.25. The van der Waals surface area contributed by atoms with Crippen molar-refractivity contribution in [2.45, 2.75) is 0 Å². The lowest BCUT2D eigenvalue weighted by Gasteiger charge is -1.95. The molecule has 1 aromatic carbocycles. The standard InChI is InChI=1S/C11H2O8/c12-7(13)6-4-2(8(14)18-10(4)16)1-3-5(6)11(17)19-9(3)15/h1H,(H,12,13). The fourth-order valence-electron chi connectivity index (χ4n) is 2.02. The van der Waals surface area contributed by atoms with Gasteiger partial charge in [-0.1, -0.05) is 0 Å². The van der Waals surface area contributed by atoms with E-state index in [4.69, 9.17) is 5.11 Å². The fourth-order valence-corrected chi connectivity index (χ4v) is 2.02.